The molecule has 0 aromatic rings. The molecule has 0 saturated heterocycles. The molecular formula is C18H40O6. The van der Waals surface area contributed by atoms with Gasteiger partial charge in [-0.25, -0.2) is 4.89 Å². The zero-order chi connectivity index (χ0) is 19.1. The van der Waals surface area contributed by atoms with Crippen molar-refractivity contribution in [2.75, 3.05) is 13.2 Å². The third-order valence-corrected chi connectivity index (χ3v) is 3.05. The van der Waals surface area contributed by atoms with Gasteiger partial charge in [-0.2, -0.15) is 0 Å². The summed E-state index contributed by atoms with van der Waals surface area (Å²) in [6.07, 6.45) is 11.8. The van der Waals surface area contributed by atoms with Gasteiger partial charge >= 0.3 is 5.97 Å². The first kappa shape index (κ1) is 28.1. The van der Waals surface area contributed by atoms with E-state index in [9.17, 15) is 4.79 Å². The summed E-state index contributed by atoms with van der Waals surface area (Å²) in [6, 6.07) is 0. The third kappa shape index (κ3) is 42.9. The van der Waals surface area contributed by atoms with Crippen LogP contribution < -0.4 is 0 Å². The number of carboxylic acids is 1. The van der Waals surface area contributed by atoms with Crippen molar-refractivity contribution >= 4 is 5.97 Å². The third-order valence-electron chi connectivity index (χ3n) is 3.05. The molecular weight excluding hydrogens is 312 g/mol. The molecule has 0 heterocycles. The zero-order valence-corrected chi connectivity index (χ0v) is 15.9. The Morgan fingerprint density at radius 1 is 0.917 bits per heavy atom. The summed E-state index contributed by atoms with van der Waals surface area (Å²) in [5.74, 6) is -0.659. The van der Waals surface area contributed by atoms with Crippen LogP contribution in [0.4, 0.5) is 0 Å². The van der Waals surface area contributed by atoms with Gasteiger partial charge in [0, 0.05) is 6.42 Å². The topological polar surface area (TPSA) is 107 Å². The zero-order valence-electron chi connectivity index (χ0n) is 15.9. The predicted molar refractivity (Wildman–Crippen MR) is 97.1 cm³/mol. The number of aliphatic carboxylic acids is 1. The molecule has 0 aliphatic rings. The quantitative estimate of drug-likeness (QED) is 0.224. The van der Waals surface area contributed by atoms with Gasteiger partial charge in [-0.3, -0.25) is 10.1 Å². The number of hydrogen-bond donors (Lipinski definition) is 4. The predicted octanol–water partition coefficient (Wildman–Crippen LogP) is 4.24. The second kappa shape index (κ2) is 27.2. The molecule has 0 fully saturated rings. The summed E-state index contributed by atoms with van der Waals surface area (Å²) in [5, 5.41) is 32.0. The average Bonchev–Trinajstić information content (AvgIpc) is 2.55. The molecule has 0 aliphatic heterocycles. The smallest absolute Gasteiger partial charge is 0.303 e. The van der Waals surface area contributed by atoms with E-state index in [2.05, 4.69) is 11.8 Å². The molecule has 1 atom stereocenters. The molecule has 6 nitrogen and oxygen atoms in total. The van der Waals surface area contributed by atoms with Crippen LogP contribution in [-0.2, 0) is 9.68 Å². The van der Waals surface area contributed by atoms with Crippen molar-refractivity contribution in [3.05, 3.63) is 0 Å². The number of hydrogen-bond acceptors (Lipinski definition) is 5. The SMILES string of the molecule is CC(O)CO.CCCCCCCCCCCC(=O)O.CCCOO. The maximum Gasteiger partial charge on any atom is 0.303 e. The van der Waals surface area contributed by atoms with Crippen LogP contribution in [-0.4, -0.2) is 45.9 Å². The molecule has 4 N–H and O–H groups in total. The average molecular weight is 353 g/mol. The lowest BCUT2D eigenvalue weighted by Gasteiger charge is -2.00. The standard InChI is InChI=1S/C12H24O2.2C3H8O2/c1-2-3-4-5-6-7-8-9-10-11-12(13)14;1-3(5)2-4;1-2-3-5-4/h2-11H2,1H3,(H,13,14);3-5H,2H2,1H3;4H,2-3H2,1H3. The van der Waals surface area contributed by atoms with E-state index >= 15 is 0 Å². The Kier molecular flexibility index (Phi) is 31.8. The van der Waals surface area contributed by atoms with Crippen molar-refractivity contribution in [2.45, 2.75) is 97.5 Å². The summed E-state index contributed by atoms with van der Waals surface area (Å²) in [7, 11) is 0. The van der Waals surface area contributed by atoms with Crippen LogP contribution in [0.5, 0.6) is 0 Å². The minimum absolute atomic E-state index is 0.139. The highest BCUT2D eigenvalue weighted by molar-refractivity contribution is 5.66. The molecule has 0 spiro atoms. The van der Waals surface area contributed by atoms with E-state index in [1.807, 2.05) is 6.92 Å². The van der Waals surface area contributed by atoms with Crippen LogP contribution in [0.1, 0.15) is 91.4 Å². The lowest BCUT2D eigenvalue weighted by Crippen LogP contribution is -2.03. The highest BCUT2D eigenvalue weighted by Gasteiger charge is 1.96. The number of unbranched alkanes of at least 4 members (excludes halogenated alkanes) is 8. The van der Waals surface area contributed by atoms with Gasteiger partial charge in [0.2, 0.25) is 0 Å². The van der Waals surface area contributed by atoms with Gasteiger partial charge in [0.05, 0.1) is 19.3 Å². The van der Waals surface area contributed by atoms with Gasteiger partial charge in [-0.15, -0.1) is 0 Å². The summed E-state index contributed by atoms with van der Waals surface area (Å²) in [5.41, 5.74) is 0. The number of carbonyl (C=O) groups is 1. The van der Waals surface area contributed by atoms with E-state index in [0.717, 1.165) is 19.3 Å². The summed E-state index contributed by atoms with van der Waals surface area (Å²) in [6.45, 7) is 5.99. The lowest BCUT2D eigenvalue weighted by molar-refractivity contribution is -0.241. The molecule has 1 unspecified atom stereocenters. The second-order valence-electron chi connectivity index (χ2n) is 5.84. The number of aliphatic hydroxyl groups excluding tert-OH is 2. The Morgan fingerprint density at radius 2 is 1.33 bits per heavy atom. The second-order valence-corrected chi connectivity index (χ2v) is 5.84. The van der Waals surface area contributed by atoms with Gasteiger partial charge in [-0.1, -0.05) is 65.2 Å². The van der Waals surface area contributed by atoms with E-state index in [1.165, 1.54) is 51.9 Å². The fourth-order valence-electron chi connectivity index (χ4n) is 1.68. The van der Waals surface area contributed by atoms with Crippen molar-refractivity contribution in [2.24, 2.45) is 0 Å². The molecule has 6 heteroatoms. The molecule has 24 heavy (non-hydrogen) atoms. The van der Waals surface area contributed by atoms with E-state index in [0.29, 0.717) is 13.0 Å². The van der Waals surface area contributed by atoms with Crippen LogP contribution in [0.25, 0.3) is 0 Å². The fraction of sp³-hybridized carbons (Fsp3) is 0.944. The van der Waals surface area contributed by atoms with Gasteiger partial charge in [-0.05, 0) is 19.8 Å². The largest absolute Gasteiger partial charge is 0.481 e. The Balaban J connectivity index is -0.000000361. The molecule has 0 amide bonds. The van der Waals surface area contributed by atoms with Gasteiger partial charge in [0.25, 0.3) is 0 Å². The van der Waals surface area contributed by atoms with Crippen molar-refractivity contribution in [1.29, 1.82) is 0 Å². The van der Waals surface area contributed by atoms with Crippen molar-refractivity contribution in [3.8, 4) is 0 Å². The summed E-state index contributed by atoms with van der Waals surface area (Å²) < 4.78 is 0. The van der Waals surface area contributed by atoms with Crippen LogP contribution in [0.3, 0.4) is 0 Å². The van der Waals surface area contributed by atoms with Gasteiger partial charge in [0.1, 0.15) is 0 Å². The minimum Gasteiger partial charge on any atom is -0.481 e. The number of carboxylic acid groups (broad SMARTS) is 1. The van der Waals surface area contributed by atoms with Crippen LogP contribution in [0, 0.1) is 0 Å². The molecule has 0 rings (SSSR count). The fourth-order valence-corrected chi connectivity index (χ4v) is 1.68. The maximum atomic E-state index is 10.2. The first-order valence-corrected chi connectivity index (χ1v) is 9.23. The van der Waals surface area contributed by atoms with Crippen LogP contribution in [0.2, 0.25) is 0 Å². The Hall–Kier alpha value is -0.690. The normalized spacial score (nSPS) is 10.9. The number of aliphatic hydroxyl groups is 2. The van der Waals surface area contributed by atoms with E-state index in [1.54, 1.807) is 0 Å². The summed E-state index contributed by atoms with van der Waals surface area (Å²) >= 11 is 0. The summed E-state index contributed by atoms with van der Waals surface area (Å²) in [4.78, 5) is 13.9. The minimum atomic E-state index is -0.659. The van der Waals surface area contributed by atoms with Crippen molar-refractivity contribution in [3.63, 3.8) is 0 Å². The molecule has 0 aromatic heterocycles. The Morgan fingerprint density at radius 3 is 1.58 bits per heavy atom. The molecule has 0 bridgehead atoms. The van der Waals surface area contributed by atoms with Gasteiger partial charge in [0.15, 0.2) is 0 Å². The monoisotopic (exact) mass is 352 g/mol. The van der Waals surface area contributed by atoms with E-state index < -0.39 is 12.1 Å². The molecule has 0 aromatic carbocycles. The van der Waals surface area contributed by atoms with Crippen LogP contribution in [0.15, 0.2) is 0 Å². The first-order valence-electron chi connectivity index (χ1n) is 9.23. The lowest BCUT2D eigenvalue weighted by atomic mass is 10.1. The highest BCUT2D eigenvalue weighted by Crippen LogP contribution is 2.10. The van der Waals surface area contributed by atoms with E-state index in [4.69, 9.17) is 20.6 Å². The van der Waals surface area contributed by atoms with Crippen molar-refractivity contribution in [1.82, 2.24) is 0 Å². The van der Waals surface area contributed by atoms with E-state index in [-0.39, 0.29) is 6.61 Å². The Labute approximate surface area is 147 Å². The maximum absolute atomic E-state index is 10.2. The highest BCUT2D eigenvalue weighted by atomic mass is 17.1. The molecule has 0 aliphatic carbocycles. The van der Waals surface area contributed by atoms with Gasteiger partial charge < -0.3 is 15.3 Å². The molecule has 0 radical (unpaired) electrons. The molecule has 148 valence electrons. The van der Waals surface area contributed by atoms with Crippen LogP contribution >= 0.6 is 0 Å². The van der Waals surface area contributed by atoms with Crippen molar-refractivity contribution < 1.29 is 30.3 Å². The number of rotatable bonds is 13. The first-order chi connectivity index (χ1) is 11.5. The molecule has 0 saturated carbocycles. The Bertz CT molecular complexity index is 220.